The molecule has 0 N–H and O–H groups in total. The Morgan fingerprint density at radius 2 is 0.914 bits per heavy atom. The van der Waals surface area contributed by atoms with Crippen LogP contribution in [0.5, 0.6) is 0 Å². The quantitative estimate of drug-likeness (QED) is 0.180. The molecule has 0 amide bonds. The third kappa shape index (κ3) is 4.24. The van der Waals surface area contributed by atoms with E-state index in [9.17, 15) is 2.74 Å². The van der Waals surface area contributed by atoms with Crippen LogP contribution in [0.4, 0.5) is 0 Å². The van der Waals surface area contributed by atoms with E-state index in [2.05, 4.69) is 28.8 Å². The van der Waals surface area contributed by atoms with Crippen LogP contribution in [-0.4, -0.2) is 28.7 Å². The van der Waals surface area contributed by atoms with Crippen molar-refractivity contribution in [3.05, 3.63) is 182 Å². The molecular formula is C51H30N6O. The molecule has 7 heteroatoms. The maximum atomic E-state index is 9.28. The first kappa shape index (κ1) is 24.5. The van der Waals surface area contributed by atoms with Gasteiger partial charge in [0.15, 0.2) is 5.82 Å². The summed E-state index contributed by atoms with van der Waals surface area (Å²) in [5, 5.41) is 5.65. The van der Waals surface area contributed by atoms with Crippen molar-refractivity contribution in [2.75, 3.05) is 0 Å². The molecule has 0 saturated heterocycles. The van der Waals surface area contributed by atoms with Gasteiger partial charge >= 0.3 is 0 Å². The predicted octanol–water partition coefficient (Wildman–Crippen LogP) is 12.7. The highest BCUT2D eigenvalue weighted by Crippen LogP contribution is 2.43. The molecule has 0 radical (unpaired) electrons. The zero-order valence-electron chi connectivity index (χ0n) is 38.3. The molecule has 58 heavy (non-hydrogen) atoms. The normalized spacial score (nSPS) is 14.1. The van der Waals surface area contributed by atoms with Crippen molar-refractivity contribution >= 4 is 87.4 Å². The summed E-state index contributed by atoms with van der Waals surface area (Å²) in [6.45, 7) is 0. The fourth-order valence-corrected chi connectivity index (χ4v) is 8.80. The maximum Gasteiger partial charge on any atom is 0.240 e. The number of hydrogen-bond acceptors (Lipinski definition) is 4. The minimum atomic E-state index is -0.417. The summed E-state index contributed by atoms with van der Waals surface area (Å²) in [7, 11) is 0. The molecule has 5 aromatic heterocycles. The fraction of sp³-hybridized carbons (Fsp3) is 0. The molecule has 0 aliphatic heterocycles. The summed E-state index contributed by atoms with van der Waals surface area (Å²) >= 11 is 0. The minimum Gasteiger partial charge on any atom is -0.456 e. The monoisotopic (exact) mass is 750 g/mol. The number of benzene rings is 8. The van der Waals surface area contributed by atoms with Gasteiger partial charge in [-0.2, -0.15) is 15.0 Å². The van der Waals surface area contributed by atoms with E-state index in [1.54, 1.807) is 21.3 Å². The lowest BCUT2D eigenvalue weighted by molar-refractivity contribution is 0.669. The summed E-state index contributed by atoms with van der Waals surface area (Å²) < 4.78 is 83.4. The van der Waals surface area contributed by atoms with Gasteiger partial charge in [0.1, 0.15) is 11.2 Å². The van der Waals surface area contributed by atoms with Crippen LogP contribution in [-0.2, 0) is 0 Å². The van der Waals surface area contributed by atoms with Crippen LogP contribution in [0.15, 0.2) is 186 Å². The Labute approximate surface area is 341 Å². The number of aromatic nitrogens is 6. The molecule has 0 bridgehead atoms. The lowest BCUT2D eigenvalue weighted by Gasteiger charge is -2.16. The number of hydrogen-bond donors (Lipinski definition) is 0. The van der Waals surface area contributed by atoms with E-state index in [1.807, 2.05) is 97.1 Å². The molecule has 270 valence electrons. The summed E-state index contributed by atoms with van der Waals surface area (Å²) in [5.74, 6) is 0.246. The second-order valence-electron chi connectivity index (χ2n) is 14.2. The summed E-state index contributed by atoms with van der Waals surface area (Å²) in [6, 6.07) is 39.9. The Kier molecular flexibility index (Phi) is 4.95. The van der Waals surface area contributed by atoms with Crippen molar-refractivity contribution in [2.45, 2.75) is 0 Å². The zero-order valence-corrected chi connectivity index (χ0v) is 30.3. The largest absolute Gasteiger partial charge is 0.456 e. The van der Waals surface area contributed by atoms with Crippen LogP contribution in [0, 0.1) is 0 Å². The Morgan fingerprint density at radius 1 is 0.397 bits per heavy atom. The summed E-state index contributed by atoms with van der Waals surface area (Å²) in [5.41, 5.74) is 6.00. The first-order valence-corrected chi connectivity index (χ1v) is 18.8. The lowest BCUT2D eigenvalue weighted by Crippen LogP contribution is -2.11. The van der Waals surface area contributed by atoms with E-state index in [-0.39, 0.29) is 65.0 Å². The second kappa shape index (κ2) is 11.7. The van der Waals surface area contributed by atoms with E-state index in [4.69, 9.17) is 27.6 Å². The molecule has 8 aromatic carbocycles. The Morgan fingerprint density at radius 3 is 1.57 bits per heavy atom. The van der Waals surface area contributed by atoms with Gasteiger partial charge < -0.3 is 8.98 Å². The standard InChI is InChI=1S/C51H30N6O/c1-9-23-40-31(15-1)32-16-2-10-24-41(32)56(40)50-52-49(53-51(54-50)57-42-25-11-3-17-33(42)34-18-4-12-26-43(34)57)37-20-6-13-27-44(37)55-39-22-8-5-19-35(39)36-29-30-46-47(48(36)55)38-21-7-14-28-45(38)58-46/h1-30H/i1D,3D,9D,11D,15D,17D,23D,25D. The van der Waals surface area contributed by atoms with E-state index >= 15 is 0 Å². The van der Waals surface area contributed by atoms with Crippen molar-refractivity contribution in [1.29, 1.82) is 0 Å². The van der Waals surface area contributed by atoms with E-state index in [0.717, 1.165) is 49.4 Å². The van der Waals surface area contributed by atoms with Crippen LogP contribution >= 0.6 is 0 Å². The number of furan rings is 1. The maximum absolute atomic E-state index is 9.28. The number of fused-ring (bicyclic) bond motifs is 13. The van der Waals surface area contributed by atoms with E-state index in [1.165, 1.54) is 0 Å². The third-order valence-electron chi connectivity index (χ3n) is 11.2. The predicted molar refractivity (Wildman–Crippen MR) is 236 cm³/mol. The Bertz CT molecular complexity index is 4150. The van der Waals surface area contributed by atoms with Gasteiger partial charge in [0.05, 0.1) is 55.1 Å². The molecule has 0 spiro atoms. The van der Waals surface area contributed by atoms with Gasteiger partial charge in [0.2, 0.25) is 11.9 Å². The fourth-order valence-electron chi connectivity index (χ4n) is 8.80. The highest BCUT2D eigenvalue weighted by Gasteiger charge is 2.24. The average Bonchev–Trinajstić information content (AvgIpc) is 4.10. The van der Waals surface area contributed by atoms with E-state index in [0.29, 0.717) is 38.1 Å². The van der Waals surface area contributed by atoms with Crippen LogP contribution in [0.3, 0.4) is 0 Å². The number of rotatable bonds is 4. The van der Waals surface area contributed by atoms with Crippen LogP contribution in [0.2, 0.25) is 0 Å². The van der Waals surface area contributed by atoms with Gasteiger partial charge in [-0.3, -0.25) is 9.13 Å². The van der Waals surface area contributed by atoms with Gasteiger partial charge in [0, 0.05) is 43.3 Å². The molecule has 5 heterocycles. The summed E-state index contributed by atoms with van der Waals surface area (Å²) in [4.78, 5) is 15.6. The minimum absolute atomic E-state index is 0.0262. The SMILES string of the molecule is [2H]c1c([2H])c([2H])c2c(c1[2H])c1ccccc1n2-c1nc(-c2ccccc2-n2c3ccccc3c3ccc4oc5ccccc5c4c32)nc(-n2c3ccccc3c3c([2H])c([2H])c([2H])c([2H])c32)n1. The van der Waals surface area contributed by atoms with Crippen molar-refractivity contribution in [3.8, 4) is 29.0 Å². The van der Waals surface area contributed by atoms with Crippen LogP contribution < -0.4 is 0 Å². The Hall–Kier alpha value is -8.03. The van der Waals surface area contributed by atoms with Gasteiger partial charge in [-0.15, -0.1) is 0 Å². The van der Waals surface area contributed by atoms with Gasteiger partial charge in [0.25, 0.3) is 0 Å². The van der Waals surface area contributed by atoms with Crippen LogP contribution in [0.25, 0.3) is 116 Å². The van der Waals surface area contributed by atoms with Crippen molar-refractivity contribution < 1.29 is 15.4 Å². The average molecular weight is 751 g/mol. The first-order chi connectivity index (χ1) is 32.1. The number of nitrogens with zero attached hydrogens (tertiary/aromatic N) is 6. The molecule has 0 atom stereocenters. The zero-order chi connectivity index (χ0) is 44.9. The first-order valence-electron chi connectivity index (χ1n) is 22.8. The Balaban J connectivity index is 1.20. The summed E-state index contributed by atoms with van der Waals surface area (Å²) in [6.07, 6.45) is 0. The highest BCUT2D eigenvalue weighted by atomic mass is 16.3. The van der Waals surface area contributed by atoms with Gasteiger partial charge in [-0.1, -0.05) is 121 Å². The molecule has 0 aliphatic rings. The molecule has 13 rings (SSSR count). The topological polar surface area (TPSA) is 66.6 Å². The molecule has 13 aromatic rings. The number of para-hydroxylation sites is 7. The van der Waals surface area contributed by atoms with Gasteiger partial charge in [-0.05, 0) is 60.6 Å². The molecule has 7 nitrogen and oxygen atoms in total. The molecule has 0 aliphatic carbocycles. The highest BCUT2D eigenvalue weighted by molar-refractivity contribution is 6.24. The van der Waals surface area contributed by atoms with Crippen LogP contribution in [0.1, 0.15) is 11.0 Å². The molecule has 0 fully saturated rings. The van der Waals surface area contributed by atoms with Crippen molar-refractivity contribution in [1.82, 2.24) is 28.7 Å². The van der Waals surface area contributed by atoms with Crippen molar-refractivity contribution in [3.63, 3.8) is 0 Å². The lowest BCUT2D eigenvalue weighted by atomic mass is 10.1. The second-order valence-corrected chi connectivity index (χ2v) is 14.2. The van der Waals surface area contributed by atoms with Gasteiger partial charge in [-0.25, -0.2) is 0 Å². The van der Waals surface area contributed by atoms with Crippen molar-refractivity contribution in [2.24, 2.45) is 0 Å². The molecule has 0 unspecified atom stereocenters. The van der Waals surface area contributed by atoms with E-state index < -0.39 is 12.1 Å². The molecular weight excluding hydrogens is 713 g/mol. The smallest absolute Gasteiger partial charge is 0.240 e. The molecule has 0 saturated carbocycles. The third-order valence-corrected chi connectivity index (χ3v) is 11.2.